The number of ether oxygens (including phenoxy) is 1. The average Bonchev–Trinajstić information content (AvgIpc) is 3.52. The normalized spacial score (nSPS) is 14.5. The summed E-state index contributed by atoms with van der Waals surface area (Å²) in [5.74, 6) is 1.35. The van der Waals surface area contributed by atoms with E-state index in [-0.39, 0.29) is 11.2 Å². The number of methoxy groups -OCH3 is 1. The van der Waals surface area contributed by atoms with Crippen LogP contribution in [0.15, 0.2) is 53.7 Å². The zero-order valence-corrected chi connectivity index (χ0v) is 16.6. The van der Waals surface area contributed by atoms with Crippen LogP contribution in [-0.2, 0) is 4.79 Å². The fraction of sp³-hybridized carbons (Fsp3) is 0.286. The fourth-order valence-corrected chi connectivity index (χ4v) is 3.61. The van der Waals surface area contributed by atoms with Crippen molar-refractivity contribution in [2.24, 2.45) is 0 Å². The number of benzene rings is 2. The van der Waals surface area contributed by atoms with Crippen molar-refractivity contribution >= 4 is 40.1 Å². The standard InChI is InChI=1S/C21H22N4O2S/c1-13(20(26)23-17-9-5-6-10-18(17)27-2)28-21-24-16-8-4-3-7-15(16)19(25-21)22-14-11-12-14/h3-10,13-14H,11-12H2,1-2H3,(H,23,26)(H,22,24,25)/t13-/m0/s1. The molecule has 0 bridgehead atoms. The molecule has 1 amide bonds. The van der Waals surface area contributed by atoms with Crippen molar-refractivity contribution < 1.29 is 9.53 Å². The number of thioether (sulfide) groups is 1. The highest BCUT2D eigenvalue weighted by atomic mass is 32.2. The summed E-state index contributed by atoms with van der Waals surface area (Å²) in [5.41, 5.74) is 1.53. The van der Waals surface area contributed by atoms with Gasteiger partial charge in [0, 0.05) is 11.4 Å². The second-order valence-electron chi connectivity index (χ2n) is 6.74. The summed E-state index contributed by atoms with van der Waals surface area (Å²) < 4.78 is 5.30. The molecule has 6 nitrogen and oxygen atoms in total. The number of carbonyl (C=O) groups excluding carboxylic acids is 1. The predicted octanol–water partition coefficient (Wildman–Crippen LogP) is 4.33. The third-order valence-corrected chi connectivity index (χ3v) is 5.48. The number of aromatic nitrogens is 2. The molecule has 2 N–H and O–H groups in total. The van der Waals surface area contributed by atoms with Crippen LogP contribution in [0.1, 0.15) is 19.8 Å². The minimum atomic E-state index is -0.361. The topological polar surface area (TPSA) is 76.1 Å². The van der Waals surface area contributed by atoms with Gasteiger partial charge < -0.3 is 15.4 Å². The van der Waals surface area contributed by atoms with Crippen LogP contribution < -0.4 is 15.4 Å². The lowest BCUT2D eigenvalue weighted by molar-refractivity contribution is -0.115. The van der Waals surface area contributed by atoms with Gasteiger partial charge in [0.2, 0.25) is 5.91 Å². The monoisotopic (exact) mass is 394 g/mol. The zero-order chi connectivity index (χ0) is 19.5. The van der Waals surface area contributed by atoms with Crippen LogP contribution >= 0.6 is 11.8 Å². The Kier molecular flexibility index (Phi) is 5.34. The minimum Gasteiger partial charge on any atom is -0.495 e. The average molecular weight is 395 g/mol. The molecule has 1 fully saturated rings. The van der Waals surface area contributed by atoms with E-state index in [1.54, 1.807) is 7.11 Å². The Morgan fingerprint density at radius 2 is 1.89 bits per heavy atom. The SMILES string of the molecule is COc1ccccc1NC(=O)[C@H](C)Sc1nc(NC2CC2)c2ccccc2n1. The van der Waals surface area contributed by atoms with E-state index in [1.165, 1.54) is 24.6 Å². The zero-order valence-electron chi connectivity index (χ0n) is 15.8. The van der Waals surface area contributed by atoms with Gasteiger partial charge in [0.15, 0.2) is 5.16 Å². The number of hydrogen-bond donors (Lipinski definition) is 2. The number of anilines is 2. The molecule has 1 saturated carbocycles. The molecule has 0 radical (unpaired) electrons. The number of hydrogen-bond acceptors (Lipinski definition) is 6. The molecule has 0 spiro atoms. The van der Waals surface area contributed by atoms with E-state index in [2.05, 4.69) is 20.6 Å². The van der Waals surface area contributed by atoms with Crippen LogP contribution in [0.5, 0.6) is 5.75 Å². The van der Waals surface area contributed by atoms with Crippen molar-refractivity contribution in [3.05, 3.63) is 48.5 Å². The lowest BCUT2D eigenvalue weighted by atomic mass is 10.2. The Morgan fingerprint density at radius 3 is 2.68 bits per heavy atom. The second-order valence-corrected chi connectivity index (χ2v) is 8.05. The largest absolute Gasteiger partial charge is 0.495 e. The molecule has 0 saturated heterocycles. The Labute approximate surface area is 168 Å². The lowest BCUT2D eigenvalue weighted by Crippen LogP contribution is -2.23. The molecule has 1 aliphatic rings. The summed E-state index contributed by atoms with van der Waals surface area (Å²) in [6, 6.07) is 15.8. The first kappa shape index (κ1) is 18.6. The summed E-state index contributed by atoms with van der Waals surface area (Å²) in [4.78, 5) is 22.0. The summed E-state index contributed by atoms with van der Waals surface area (Å²) in [5, 5.41) is 7.63. The summed E-state index contributed by atoms with van der Waals surface area (Å²) in [6.07, 6.45) is 2.33. The number of para-hydroxylation sites is 3. The fourth-order valence-electron chi connectivity index (χ4n) is 2.83. The minimum absolute atomic E-state index is 0.122. The van der Waals surface area contributed by atoms with E-state index >= 15 is 0 Å². The van der Waals surface area contributed by atoms with Gasteiger partial charge in [0.1, 0.15) is 11.6 Å². The molecule has 0 aliphatic heterocycles. The molecule has 3 aromatic rings. The van der Waals surface area contributed by atoms with Crippen LogP contribution in [0.2, 0.25) is 0 Å². The van der Waals surface area contributed by atoms with Gasteiger partial charge in [0.05, 0.1) is 23.6 Å². The molecule has 28 heavy (non-hydrogen) atoms. The molecule has 2 aromatic carbocycles. The molecule has 7 heteroatoms. The highest BCUT2D eigenvalue weighted by molar-refractivity contribution is 8.00. The van der Waals surface area contributed by atoms with Crippen molar-refractivity contribution in [2.75, 3.05) is 17.7 Å². The number of rotatable bonds is 7. The first-order valence-electron chi connectivity index (χ1n) is 9.28. The van der Waals surface area contributed by atoms with E-state index in [0.717, 1.165) is 16.7 Å². The van der Waals surface area contributed by atoms with Crippen molar-refractivity contribution in [2.45, 2.75) is 36.2 Å². The number of amides is 1. The first-order valence-corrected chi connectivity index (χ1v) is 10.2. The summed E-state index contributed by atoms with van der Waals surface area (Å²) in [6.45, 7) is 1.85. The predicted molar refractivity (Wildman–Crippen MR) is 113 cm³/mol. The molecule has 4 rings (SSSR count). The van der Waals surface area contributed by atoms with Crippen molar-refractivity contribution in [3.8, 4) is 5.75 Å². The van der Waals surface area contributed by atoms with E-state index in [4.69, 9.17) is 4.74 Å². The van der Waals surface area contributed by atoms with E-state index in [1.807, 2.05) is 55.5 Å². The molecule has 1 atom stereocenters. The van der Waals surface area contributed by atoms with Gasteiger partial charge in [-0.2, -0.15) is 0 Å². The Balaban J connectivity index is 1.52. The highest BCUT2D eigenvalue weighted by Crippen LogP contribution is 2.31. The van der Waals surface area contributed by atoms with Gasteiger partial charge in [-0.1, -0.05) is 36.0 Å². The highest BCUT2D eigenvalue weighted by Gasteiger charge is 2.24. The quantitative estimate of drug-likeness (QED) is 0.459. The van der Waals surface area contributed by atoms with Crippen LogP contribution in [0, 0.1) is 0 Å². The van der Waals surface area contributed by atoms with Gasteiger partial charge in [-0.05, 0) is 44.0 Å². The molecule has 1 aromatic heterocycles. The molecule has 144 valence electrons. The summed E-state index contributed by atoms with van der Waals surface area (Å²) >= 11 is 1.35. The van der Waals surface area contributed by atoms with Crippen molar-refractivity contribution in [1.82, 2.24) is 9.97 Å². The maximum Gasteiger partial charge on any atom is 0.237 e. The van der Waals surface area contributed by atoms with Gasteiger partial charge in [-0.15, -0.1) is 0 Å². The summed E-state index contributed by atoms with van der Waals surface area (Å²) in [7, 11) is 1.58. The Hall–Kier alpha value is -2.80. The number of fused-ring (bicyclic) bond motifs is 1. The van der Waals surface area contributed by atoms with Gasteiger partial charge in [-0.25, -0.2) is 9.97 Å². The van der Waals surface area contributed by atoms with Crippen LogP contribution in [0.25, 0.3) is 10.9 Å². The first-order chi connectivity index (χ1) is 13.6. The van der Waals surface area contributed by atoms with Gasteiger partial charge in [0.25, 0.3) is 0 Å². The lowest BCUT2D eigenvalue weighted by Gasteiger charge is -2.14. The van der Waals surface area contributed by atoms with E-state index in [9.17, 15) is 4.79 Å². The van der Waals surface area contributed by atoms with Crippen LogP contribution in [0.3, 0.4) is 0 Å². The molecule has 1 heterocycles. The smallest absolute Gasteiger partial charge is 0.237 e. The number of nitrogens with zero attached hydrogens (tertiary/aromatic N) is 2. The van der Waals surface area contributed by atoms with Gasteiger partial charge in [-0.3, -0.25) is 4.79 Å². The molecule has 1 aliphatic carbocycles. The van der Waals surface area contributed by atoms with Crippen molar-refractivity contribution in [3.63, 3.8) is 0 Å². The Bertz CT molecular complexity index is 1010. The number of nitrogens with one attached hydrogen (secondary N) is 2. The van der Waals surface area contributed by atoms with Crippen LogP contribution in [0.4, 0.5) is 11.5 Å². The molecular weight excluding hydrogens is 372 g/mol. The third-order valence-electron chi connectivity index (χ3n) is 4.52. The molecule has 0 unspecified atom stereocenters. The molecular formula is C21H22N4O2S. The third kappa shape index (κ3) is 4.20. The Morgan fingerprint density at radius 1 is 1.14 bits per heavy atom. The van der Waals surface area contributed by atoms with Gasteiger partial charge >= 0.3 is 0 Å². The van der Waals surface area contributed by atoms with Crippen LogP contribution in [-0.4, -0.2) is 34.3 Å². The second kappa shape index (κ2) is 8.06. The maximum atomic E-state index is 12.7. The van der Waals surface area contributed by atoms with Crippen molar-refractivity contribution in [1.29, 1.82) is 0 Å². The van der Waals surface area contributed by atoms with E-state index < -0.39 is 0 Å². The maximum absolute atomic E-state index is 12.7. The van der Waals surface area contributed by atoms with E-state index in [0.29, 0.717) is 22.6 Å². The number of carbonyl (C=O) groups is 1.